The zero-order valence-corrected chi connectivity index (χ0v) is 24.1. The van der Waals surface area contributed by atoms with Gasteiger partial charge < -0.3 is 0 Å². The van der Waals surface area contributed by atoms with E-state index < -0.39 is 9.52 Å². The molecule has 1 heteroatoms. The highest BCUT2D eigenvalue weighted by molar-refractivity contribution is 6.67. The van der Waals surface area contributed by atoms with Crippen molar-refractivity contribution < 1.29 is 0 Å². The van der Waals surface area contributed by atoms with Crippen LogP contribution in [0, 0.1) is 0 Å². The lowest BCUT2D eigenvalue weighted by atomic mass is 9.84. The Bertz CT molecular complexity index is 2210. The van der Waals surface area contributed by atoms with E-state index in [1.54, 1.807) is 0 Å². The Labute approximate surface area is 242 Å². The fraction of sp³-hybridized carbons (Fsp3) is 0. The predicted molar refractivity (Wildman–Crippen MR) is 182 cm³/mol. The minimum Gasteiger partial charge on any atom is -0.0633 e. The number of hydrogen-bond donors (Lipinski definition) is 0. The topological polar surface area (TPSA) is 0 Å². The average Bonchev–Trinajstić information content (AvgIpc) is 3.04. The van der Waals surface area contributed by atoms with E-state index in [1.165, 1.54) is 75.7 Å². The fourth-order valence-corrected chi connectivity index (χ4v) is 8.16. The largest absolute Gasteiger partial charge is 0.0875 e. The van der Waals surface area contributed by atoms with E-state index in [1.807, 2.05) is 0 Å². The Morgan fingerprint density at radius 2 is 0.878 bits per heavy atom. The van der Waals surface area contributed by atoms with Gasteiger partial charge in [0.15, 0.2) is 0 Å². The first kappa shape index (κ1) is 23.9. The molecule has 0 N–H and O–H groups in total. The molecule has 8 aromatic rings. The van der Waals surface area contributed by atoms with Gasteiger partial charge in [-0.15, -0.1) is 0 Å². The Hall–Kier alpha value is -4.98. The van der Waals surface area contributed by atoms with E-state index in [4.69, 9.17) is 0 Å². The predicted octanol–water partition coefficient (Wildman–Crippen LogP) is 8.75. The van der Waals surface area contributed by atoms with Crippen molar-refractivity contribution in [1.82, 2.24) is 0 Å². The molecule has 0 heterocycles. The summed E-state index contributed by atoms with van der Waals surface area (Å²) in [4.78, 5) is 0. The highest BCUT2D eigenvalue weighted by atomic mass is 28.2. The van der Waals surface area contributed by atoms with Crippen LogP contribution in [-0.2, 0) is 0 Å². The molecule has 0 radical (unpaired) electrons. The van der Waals surface area contributed by atoms with Crippen LogP contribution in [0.3, 0.4) is 0 Å². The van der Waals surface area contributed by atoms with Gasteiger partial charge in [-0.3, -0.25) is 0 Å². The highest BCUT2D eigenvalue weighted by Crippen LogP contribution is 2.46. The molecular formula is C40H28Si. The molecule has 8 aromatic carbocycles. The van der Waals surface area contributed by atoms with Gasteiger partial charge in [-0.05, 0) is 71.4 Å². The van der Waals surface area contributed by atoms with Gasteiger partial charge in [0.2, 0.25) is 0 Å². The van der Waals surface area contributed by atoms with E-state index in [-0.39, 0.29) is 0 Å². The van der Waals surface area contributed by atoms with E-state index in [0.717, 1.165) is 0 Å². The SMILES string of the molecule is c1ccc([SiH2]c2ccc3c(-c4cc5ccccc5c5ccccc45)c4ccccc4c(-c4ccccc4)c3c2)cc1. The lowest BCUT2D eigenvalue weighted by Gasteiger charge is -2.20. The first-order valence-electron chi connectivity index (χ1n) is 14.3. The quantitative estimate of drug-likeness (QED) is 0.120. The molecule has 192 valence electrons. The summed E-state index contributed by atoms with van der Waals surface area (Å²) in [5, 5.41) is 13.4. The molecule has 0 aromatic heterocycles. The Kier molecular flexibility index (Phi) is 5.76. The van der Waals surface area contributed by atoms with Gasteiger partial charge in [0.1, 0.15) is 0 Å². The first-order valence-corrected chi connectivity index (χ1v) is 15.7. The van der Waals surface area contributed by atoms with E-state index in [0.29, 0.717) is 0 Å². The van der Waals surface area contributed by atoms with Gasteiger partial charge in [-0.2, -0.15) is 0 Å². The van der Waals surface area contributed by atoms with Crippen molar-refractivity contribution >= 4 is 63.0 Å². The highest BCUT2D eigenvalue weighted by Gasteiger charge is 2.19. The van der Waals surface area contributed by atoms with Crippen LogP contribution in [0.5, 0.6) is 0 Å². The summed E-state index contributed by atoms with van der Waals surface area (Å²) < 4.78 is 0. The zero-order chi connectivity index (χ0) is 27.2. The molecule has 0 atom stereocenters. The molecule has 0 aliphatic heterocycles. The average molecular weight is 537 g/mol. The summed E-state index contributed by atoms with van der Waals surface area (Å²) in [6, 6.07) is 58.3. The summed E-state index contributed by atoms with van der Waals surface area (Å²) in [5.41, 5.74) is 5.22. The Morgan fingerprint density at radius 1 is 0.317 bits per heavy atom. The number of hydrogen-bond acceptors (Lipinski definition) is 0. The van der Waals surface area contributed by atoms with Gasteiger partial charge in [0.25, 0.3) is 0 Å². The molecule has 0 saturated heterocycles. The molecular weight excluding hydrogens is 509 g/mol. The van der Waals surface area contributed by atoms with E-state index in [9.17, 15) is 0 Å². The van der Waals surface area contributed by atoms with Crippen LogP contribution in [-0.4, -0.2) is 9.52 Å². The van der Waals surface area contributed by atoms with Gasteiger partial charge in [0.05, 0.1) is 9.52 Å². The molecule has 0 fully saturated rings. The minimum atomic E-state index is -0.606. The maximum atomic E-state index is 2.50. The zero-order valence-electron chi connectivity index (χ0n) is 22.7. The monoisotopic (exact) mass is 536 g/mol. The Balaban J connectivity index is 1.52. The third-order valence-electron chi connectivity index (χ3n) is 8.44. The van der Waals surface area contributed by atoms with Crippen molar-refractivity contribution in [2.75, 3.05) is 0 Å². The van der Waals surface area contributed by atoms with Crippen LogP contribution < -0.4 is 10.4 Å². The molecule has 0 nitrogen and oxygen atoms in total. The van der Waals surface area contributed by atoms with Gasteiger partial charge >= 0.3 is 0 Å². The molecule has 0 aliphatic rings. The molecule has 0 unspecified atom stereocenters. The van der Waals surface area contributed by atoms with Crippen molar-refractivity contribution in [2.24, 2.45) is 0 Å². The lowest BCUT2D eigenvalue weighted by Crippen LogP contribution is -2.26. The summed E-state index contributed by atoms with van der Waals surface area (Å²) in [6.07, 6.45) is 0. The number of rotatable bonds is 4. The molecule has 0 saturated carbocycles. The maximum absolute atomic E-state index is 2.50. The van der Waals surface area contributed by atoms with Crippen molar-refractivity contribution in [3.63, 3.8) is 0 Å². The summed E-state index contributed by atoms with van der Waals surface area (Å²) in [6.45, 7) is 0. The fourth-order valence-electron chi connectivity index (χ4n) is 6.63. The molecule has 0 aliphatic carbocycles. The van der Waals surface area contributed by atoms with Crippen molar-refractivity contribution in [1.29, 1.82) is 0 Å². The summed E-state index contributed by atoms with van der Waals surface area (Å²) in [7, 11) is -0.606. The second kappa shape index (κ2) is 9.89. The standard InChI is InChI=1S/C40H28Si/c1-3-13-27(14-4-1)39-34-21-11-12-22-35(34)40(36-24-23-30(26-38(36)39)41-29-16-5-2-6-17-29)37-25-28-15-7-8-18-31(28)32-19-9-10-20-33(32)37/h1-26H,41H2. The van der Waals surface area contributed by atoms with E-state index >= 15 is 0 Å². The van der Waals surface area contributed by atoms with Crippen LogP contribution in [0.25, 0.3) is 65.3 Å². The maximum Gasteiger partial charge on any atom is 0.0875 e. The van der Waals surface area contributed by atoms with Gasteiger partial charge in [-0.1, -0.05) is 162 Å². The molecule has 41 heavy (non-hydrogen) atoms. The van der Waals surface area contributed by atoms with Crippen molar-refractivity contribution in [3.05, 3.63) is 158 Å². The molecule has 0 spiro atoms. The Morgan fingerprint density at radius 3 is 1.63 bits per heavy atom. The van der Waals surface area contributed by atoms with Crippen LogP contribution in [0.2, 0.25) is 0 Å². The van der Waals surface area contributed by atoms with Crippen LogP contribution in [0.1, 0.15) is 0 Å². The van der Waals surface area contributed by atoms with Crippen LogP contribution in [0.4, 0.5) is 0 Å². The second-order valence-corrected chi connectivity index (χ2v) is 12.9. The lowest BCUT2D eigenvalue weighted by molar-refractivity contribution is 1.67. The summed E-state index contributed by atoms with van der Waals surface area (Å²) >= 11 is 0. The molecule has 0 amide bonds. The van der Waals surface area contributed by atoms with Crippen LogP contribution >= 0.6 is 0 Å². The van der Waals surface area contributed by atoms with Crippen molar-refractivity contribution in [3.8, 4) is 22.3 Å². The third-order valence-corrected chi connectivity index (χ3v) is 10.2. The van der Waals surface area contributed by atoms with Gasteiger partial charge in [-0.25, -0.2) is 0 Å². The minimum absolute atomic E-state index is 0.606. The smallest absolute Gasteiger partial charge is 0.0633 e. The van der Waals surface area contributed by atoms with Crippen LogP contribution in [0.15, 0.2) is 158 Å². The van der Waals surface area contributed by atoms with Gasteiger partial charge in [0, 0.05) is 0 Å². The molecule has 0 bridgehead atoms. The first-order chi connectivity index (χ1) is 20.3. The normalized spacial score (nSPS) is 11.8. The number of benzene rings is 8. The third kappa shape index (κ3) is 4.06. The van der Waals surface area contributed by atoms with Crippen molar-refractivity contribution in [2.45, 2.75) is 0 Å². The summed E-state index contributed by atoms with van der Waals surface area (Å²) in [5.74, 6) is 0. The molecule has 8 rings (SSSR count). The second-order valence-electron chi connectivity index (χ2n) is 10.9. The number of fused-ring (bicyclic) bond motifs is 5. The van der Waals surface area contributed by atoms with E-state index in [2.05, 4.69) is 158 Å².